The van der Waals surface area contributed by atoms with Gasteiger partial charge in [0.25, 0.3) is 0 Å². The van der Waals surface area contributed by atoms with Crippen molar-refractivity contribution in [1.29, 1.82) is 0 Å². The standard InChI is InChI=1S/C19H19ClO5/c1-22-15-6-5-10(7-13(15)20)11-8-14(21)12-9-16(23-2)18(24-3)19(25-4)17(11)12/h5-7,9,11H,8H2,1-4H3. The van der Waals surface area contributed by atoms with Crippen LogP contribution in [0.15, 0.2) is 24.3 Å². The third-order valence-corrected chi connectivity index (χ3v) is 4.78. The average molecular weight is 363 g/mol. The lowest BCUT2D eigenvalue weighted by atomic mass is 9.91. The number of benzene rings is 2. The molecule has 0 aliphatic heterocycles. The van der Waals surface area contributed by atoms with Gasteiger partial charge in [0.1, 0.15) is 5.75 Å². The van der Waals surface area contributed by atoms with E-state index in [-0.39, 0.29) is 11.7 Å². The van der Waals surface area contributed by atoms with Crippen molar-refractivity contribution in [3.05, 3.63) is 46.0 Å². The first-order valence-corrected chi connectivity index (χ1v) is 8.13. The zero-order valence-electron chi connectivity index (χ0n) is 14.5. The number of hydrogen-bond donors (Lipinski definition) is 0. The van der Waals surface area contributed by atoms with Gasteiger partial charge in [-0.2, -0.15) is 0 Å². The van der Waals surface area contributed by atoms with Crippen LogP contribution in [0, 0.1) is 0 Å². The summed E-state index contributed by atoms with van der Waals surface area (Å²) in [7, 11) is 6.19. The number of carbonyl (C=O) groups excluding carboxylic acids is 1. The second kappa shape index (κ2) is 6.84. The molecule has 0 radical (unpaired) electrons. The fourth-order valence-electron chi connectivity index (χ4n) is 3.34. The largest absolute Gasteiger partial charge is 0.495 e. The number of halogens is 1. The van der Waals surface area contributed by atoms with E-state index in [1.807, 2.05) is 12.1 Å². The Balaban J connectivity index is 2.20. The molecule has 2 aromatic rings. The van der Waals surface area contributed by atoms with E-state index < -0.39 is 0 Å². The van der Waals surface area contributed by atoms with Gasteiger partial charge in [-0.1, -0.05) is 17.7 Å². The van der Waals surface area contributed by atoms with Crippen molar-refractivity contribution in [3.63, 3.8) is 0 Å². The minimum absolute atomic E-state index is 0.0335. The Kier molecular flexibility index (Phi) is 4.77. The number of fused-ring (bicyclic) bond motifs is 1. The van der Waals surface area contributed by atoms with Crippen LogP contribution in [0.5, 0.6) is 23.0 Å². The lowest BCUT2D eigenvalue weighted by molar-refractivity contribution is 0.0991. The van der Waals surface area contributed by atoms with Crippen LogP contribution in [-0.2, 0) is 0 Å². The van der Waals surface area contributed by atoms with Crippen molar-refractivity contribution in [2.45, 2.75) is 12.3 Å². The van der Waals surface area contributed by atoms with Gasteiger partial charge in [0.15, 0.2) is 17.3 Å². The van der Waals surface area contributed by atoms with Crippen LogP contribution in [0.1, 0.15) is 33.8 Å². The molecular formula is C19H19ClO5. The van der Waals surface area contributed by atoms with Gasteiger partial charge >= 0.3 is 0 Å². The van der Waals surface area contributed by atoms with Crippen LogP contribution < -0.4 is 18.9 Å². The van der Waals surface area contributed by atoms with Gasteiger partial charge < -0.3 is 18.9 Å². The normalized spacial score (nSPS) is 15.7. The maximum atomic E-state index is 12.6. The number of ketones is 1. The number of rotatable bonds is 5. The Bertz CT molecular complexity index is 831. The number of Topliss-reactive ketones (excluding diaryl/α,β-unsaturated/α-hetero) is 1. The minimum Gasteiger partial charge on any atom is -0.495 e. The van der Waals surface area contributed by atoms with Gasteiger partial charge in [-0.25, -0.2) is 0 Å². The molecule has 0 fully saturated rings. The van der Waals surface area contributed by atoms with E-state index >= 15 is 0 Å². The number of carbonyl (C=O) groups is 1. The first kappa shape index (κ1) is 17.4. The van der Waals surface area contributed by atoms with E-state index in [4.69, 9.17) is 30.5 Å². The smallest absolute Gasteiger partial charge is 0.203 e. The van der Waals surface area contributed by atoms with Crippen molar-refractivity contribution in [1.82, 2.24) is 0 Å². The fraction of sp³-hybridized carbons (Fsp3) is 0.316. The topological polar surface area (TPSA) is 54.0 Å². The van der Waals surface area contributed by atoms with Crippen molar-refractivity contribution >= 4 is 17.4 Å². The predicted octanol–water partition coefficient (Wildman–Crippen LogP) is 4.09. The molecular weight excluding hydrogens is 344 g/mol. The van der Waals surface area contributed by atoms with Gasteiger partial charge in [-0.3, -0.25) is 4.79 Å². The number of methoxy groups -OCH3 is 4. The molecule has 1 aliphatic rings. The van der Waals surface area contributed by atoms with Crippen LogP contribution in [0.2, 0.25) is 5.02 Å². The summed E-state index contributed by atoms with van der Waals surface area (Å²) in [5.74, 6) is 1.92. The maximum absolute atomic E-state index is 12.6. The van der Waals surface area contributed by atoms with Gasteiger partial charge in [0.2, 0.25) is 5.75 Å². The summed E-state index contributed by atoms with van der Waals surface area (Å²) >= 11 is 6.27. The summed E-state index contributed by atoms with van der Waals surface area (Å²) in [5, 5.41) is 0.500. The quantitative estimate of drug-likeness (QED) is 0.801. The zero-order chi connectivity index (χ0) is 18.1. The number of hydrogen-bond acceptors (Lipinski definition) is 5. The van der Waals surface area contributed by atoms with Crippen LogP contribution in [0.3, 0.4) is 0 Å². The van der Waals surface area contributed by atoms with E-state index in [1.54, 1.807) is 33.5 Å². The molecule has 0 aromatic heterocycles. The lowest BCUT2D eigenvalue weighted by Gasteiger charge is -2.19. The first-order chi connectivity index (χ1) is 12.0. The molecule has 1 unspecified atom stereocenters. The van der Waals surface area contributed by atoms with Crippen LogP contribution >= 0.6 is 11.6 Å². The Labute approximate surface area is 151 Å². The molecule has 2 aromatic carbocycles. The van der Waals surface area contributed by atoms with Crippen molar-refractivity contribution in [3.8, 4) is 23.0 Å². The molecule has 0 amide bonds. The Morgan fingerprint density at radius 3 is 2.16 bits per heavy atom. The molecule has 0 saturated carbocycles. The molecule has 6 heteroatoms. The molecule has 0 N–H and O–H groups in total. The Hall–Kier alpha value is -2.40. The van der Waals surface area contributed by atoms with Crippen LogP contribution in [0.4, 0.5) is 0 Å². The summed E-state index contributed by atoms with van der Waals surface area (Å²) in [6, 6.07) is 7.25. The molecule has 1 atom stereocenters. The van der Waals surface area contributed by atoms with Crippen LogP contribution in [-0.4, -0.2) is 34.2 Å². The highest BCUT2D eigenvalue weighted by Crippen LogP contribution is 2.51. The van der Waals surface area contributed by atoms with E-state index in [1.165, 1.54) is 7.11 Å². The Morgan fingerprint density at radius 1 is 0.920 bits per heavy atom. The second-order valence-electron chi connectivity index (χ2n) is 5.68. The molecule has 132 valence electrons. The summed E-state index contributed by atoms with van der Waals surface area (Å²) in [5.41, 5.74) is 2.31. The molecule has 0 spiro atoms. The molecule has 0 bridgehead atoms. The van der Waals surface area contributed by atoms with E-state index in [0.717, 1.165) is 11.1 Å². The highest BCUT2D eigenvalue weighted by Gasteiger charge is 2.37. The van der Waals surface area contributed by atoms with Gasteiger partial charge in [-0.15, -0.1) is 0 Å². The molecule has 5 nitrogen and oxygen atoms in total. The van der Waals surface area contributed by atoms with Gasteiger partial charge in [0, 0.05) is 23.5 Å². The van der Waals surface area contributed by atoms with Gasteiger partial charge in [-0.05, 0) is 23.8 Å². The van der Waals surface area contributed by atoms with Crippen molar-refractivity contribution < 1.29 is 23.7 Å². The highest BCUT2D eigenvalue weighted by atomic mass is 35.5. The second-order valence-corrected chi connectivity index (χ2v) is 6.09. The predicted molar refractivity (Wildman–Crippen MR) is 94.9 cm³/mol. The summed E-state index contributed by atoms with van der Waals surface area (Å²) < 4.78 is 21.6. The highest BCUT2D eigenvalue weighted by molar-refractivity contribution is 6.32. The first-order valence-electron chi connectivity index (χ1n) is 7.75. The summed E-state index contributed by atoms with van der Waals surface area (Å²) in [4.78, 5) is 12.6. The van der Waals surface area contributed by atoms with Gasteiger partial charge in [0.05, 0.1) is 33.5 Å². The molecule has 0 heterocycles. The fourth-order valence-corrected chi connectivity index (χ4v) is 3.60. The maximum Gasteiger partial charge on any atom is 0.203 e. The Morgan fingerprint density at radius 2 is 1.60 bits per heavy atom. The molecule has 3 rings (SSSR count). The van der Waals surface area contributed by atoms with Crippen molar-refractivity contribution in [2.75, 3.05) is 28.4 Å². The van der Waals surface area contributed by atoms with Crippen LogP contribution in [0.25, 0.3) is 0 Å². The zero-order valence-corrected chi connectivity index (χ0v) is 15.3. The average Bonchev–Trinajstić information content (AvgIpc) is 2.96. The summed E-state index contributed by atoms with van der Waals surface area (Å²) in [6.45, 7) is 0. The molecule has 0 saturated heterocycles. The molecule has 25 heavy (non-hydrogen) atoms. The van der Waals surface area contributed by atoms with E-state index in [9.17, 15) is 4.79 Å². The monoisotopic (exact) mass is 362 g/mol. The minimum atomic E-state index is -0.166. The van der Waals surface area contributed by atoms with Crippen molar-refractivity contribution in [2.24, 2.45) is 0 Å². The van der Waals surface area contributed by atoms with E-state index in [2.05, 4.69) is 0 Å². The van der Waals surface area contributed by atoms with E-state index in [0.29, 0.717) is 40.0 Å². The molecule has 1 aliphatic carbocycles. The third-order valence-electron chi connectivity index (χ3n) is 4.49. The SMILES string of the molecule is COc1ccc(C2CC(=O)c3cc(OC)c(OC)c(OC)c32)cc1Cl. The lowest BCUT2D eigenvalue weighted by Crippen LogP contribution is -2.03. The number of ether oxygens (including phenoxy) is 4. The summed E-state index contributed by atoms with van der Waals surface area (Å²) in [6.07, 6.45) is 0.338. The third kappa shape index (κ3) is 2.78.